The standard InChI is InChI=1S/C20H27N3O4S/c24-19-12-15(14-23(19)17-7-1-2-8-17)20(25)21-16-6-5-9-18(13-16)28(26,27)22-10-3-4-11-22/h5-6,9,13,15,17H,1-4,7-8,10-12,14H2,(H,21,25)/t15-/m0/s1. The van der Waals surface area contributed by atoms with E-state index in [-0.39, 0.29) is 35.1 Å². The third-order valence-corrected chi connectivity index (χ3v) is 7.99. The van der Waals surface area contributed by atoms with E-state index in [1.165, 1.54) is 10.4 Å². The fraction of sp³-hybridized carbons (Fsp3) is 0.600. The molecule has 0 bridgehead atoms. The summed E-state index contributed by atoms with van der Waals surface area (Å²) in [5.41, 5.74) is 0.456. The first-order chi connectivity index (χ1) is 13.4. The van der Waals surface area contributed by atoms with E-state index in [9.17, 15) is 18.0 Å². The summed E-state index contributed by atoms with van der Waals surface area (Å²) < 4.78 is 26.9. The molecule has 0 spiro atoms. The second kappa shape index (κ2) is 7.83. The van der Waals surface area contributed by atoms with E-state index in [1.54, 1.807) is 18.2 Å². The van der Waals surface area contributed by atoms with Crippen molar-refractivity contribution < 1.29 is 18.0 Å². The van der Waals surface area contributed by atoms with Gasteiger partial charge in [0.1, 0.15) is 0 Å². The van der Waals surface area contributed by atoms with Crippen LogP contribution in [0.5, 0.6) is 0 Å². The largest absolute Gasteiger partial charge is 0.339 e. The van der Waals surface area contributed by atoms with Crippen molar-refractivity contribution in [3.63, 3.8) is 0 Å². The quantitative estimate of drug-likeness (QED) is 0.814. The number of nitrogens with zero attached hydrogens (tertiary/aromatic N) is 2. The molecule has 1 N–H and O–H groups in total. The van der Waals surface area contributed by atoms with Crippen molar-refractivity contribution in [2.45, 2.75) is 55.9 Å². The van der Waals surface area contributed by atoms with Crippen LogP contribution < -0.4 is 5.32 Å². The van der Waals surface area contributed by atoms with E-state index in [2.05, 4.69) is 5.32 Å². The monoisotopic (exact) mass is 405 g/mol. The van der Waals surface area contributed by atoms with Crippen LogP contribution >= 0.6 is 0 Å². The molecule has 3 aliphatic rings. The third-order valence-electron chi connectivity index (χ3n) is 6.10. The van der Waals surface area contributed by atoms with Gasteiger partial charge in [-0.25, -0.2) is 8.42 Å². The zero-order valence-electron chi connectivity index (χ0n) is 16.0. The van der Waals surface area contributed by atoms with Crippen LogP contribution in [-0.4, -0.2) is 55.1 Å². The summed E-state index contributed by atoms with van der Waals surface area (Å²) in [6.45, 7) is 1.54. The molecule has 7 nitrogen and oxygen atoms in total. The molecule has 1 saturated carbocycles. The molecule has 2 aliphatic heterocycles. The van der Waals surface area contributed by atoms with E-state index in [0.29, 0.717) is 25.3 Å². The highest BCUT2D eigenvalue weighted by atomic mass is 32.2. The Bertz CT molecular complexity index is 858. The topological polar surface area (TPSA) is 86.8 Å². The molecule has 0 radical (unpaired) electrons. The molecule has 2 amide bonds. The number of benzene rings is 1. The number of likely N-dealkylation sites (tertiary alicyclic amines) is 1. The summed E-state index contributed by atoms with van der Waals surface area (Å²) in [6.07, 6.45) is 6.32. The predicted molar refractivity (Wildman–Crippen MR) is 105 cm³/mol. The first-order valence-electron chi connectivity index (χ1n) is 10.2. The van der Waals surface area contributed by atoms with Crippen molar-refractivity contribution in [3.8, 4) is 0 Å². The Morgan fingerprint density at radius 3 is 2.50 bits per heavy atom. The Morgan fingerprint density at radius 2 is 1.79 bits per heavy atom. The molecular formula is C20H27N3O4S. The van der Waals surface area contributed by atoms with Gasteiger partial charge in [0.05, 0.1) is 10.8 Å². The van der Waals surface area contributed by atoms with Crippen LogP contribution in [0.25, 0.3) is 0 Å². The highest BCUT2D eigenvalue weighted by Gasteiger charge is 2.38. The smallest absolute Gasteiger partial charge is 0.243 e. The van der Waals surface area contributed by atoms with E-state index < -0.39 is 10.0 Å². The van der Waals surface area contributed by atoms with Crippen LogP contribution in [0.3, 0.4) is 0 Å². The van der Waals surface area contributed by atoms with Gasteiger partial charge in [-0.3, -0.25) is 9.59 Å². The fourth-order valence-corrected chi connectivity index (χ4v) is 6.10. The first-order valence-corrected chi connectivity index (χ1v) is 11.6. The molecule has 1 atom stereocenters. The van der Waals surface area contributed by atoms with Gasteiger partial charge in [0.25, 0.3) is 0 Å². The van der Waals surface area contributed by atoms with Crippen LogP contribution in [0.4, 0.5) is 5.69 Å². The van der Waals surface area contributed by atoms with Gasteiger partial charge in [-0.2, -0.15) is 4.31 Å². The minimum absolute atomic E-state index is 0.0532. The van der Waals surface area contributed by atoms with E-state index in [1.807, 2.05) is 4.90 Å². The molecule has 4 rings (SSSR count). The number of sulfonamides is 1. The summed E-state index contributed by atoms with van der Waals surface area (Å²) in [7, 11) is -3.52. The molecule has 1 aromatic rings. The SMILES string of the molecule is O=C(Nc1cccc(S(=O)(=O)N2CCCC2)c1)[C@H]1CC(=O)N(C2CCCC2)C1. The zero-order valence-corrected chi connectivity index (χ0v) is 16.8. The van der Waals surface area contributed by atoms with Gasteiger partial charge < -0.3 is 10.2 Å². The van der Waals surface area contributed by atoms with Gasteiger partial charge in [-0.15, -0.1) is 0 Å². The second-order valence-corrected chi connectivity index (χ2v) is 9.95. The molecular weight excluding hydrogens is 378 g/mol. The summed E-state index contributed by atoms with van der Waals surface area (Å²) in [4.78, 5) is 27.1. The molecule has 1 aromatic carbocycles. The number of anilines is 1. The van der Waals surface area contributed by atoms with E-state index >= 15 is 0 Å². The molecule has 0 aromatic heterocycles. The zero-order chi connectivity index (χ0) is 19.7. The van der Waals surface area contributed by atoms with E-state index in [4.69, 9.17) is 0 Å². The predicted octanol–water partition coefficient (Wildman–Crippen LogP) is 2.20. The number of amides is 2. The number of rotatable bonds is 5. The Labute approximate surface area is 166 Å². The third kappa shape index (κ3) is 3.80. The van der Waals surface area contributed by atoms with Crippen molar-refractivity contribution >= 4 is 27.5 Å². The number of hydrogen-bond donors (Lipinski definition) is 1. The lowest BCUT2D eigenvalue weighted by Crippen LogP contribution is -2.35. The van der Waals surface area contributed by atoms with Gasteiger partial charge in [0.2, 0.25) is 21.8 Å². The maximum absolute atomic E-state index is 12.7. The maximum atomic E-state index is 12.7. The molecule has 3 fully saturated rings. The Balaban J connectivity index is 1.43. The summed E-state index contributed by atoms with van der Waals surface area (Å²) in [6, 6.07) is 6.68. The average molecular weight is 406 g/mol. The number of nitrogens with one attached hydrogen (secondary N) is 1. The van der Waals surface area contributed by atoms with Crippen LogP contribution in [-0.2, 0) is 19.6 Å². The van der Waals surface area contributed by atoms with Gasteiger partial charge >= 0.3 is 0 Å². The second-order valence-electron chi connectivity index (χ2n) is 8.01. The lowest BCUT2D eigenvalue weighted by molar-refractivity contribution is -0.129. The van der Waals surface area contributed by atoms with Crippen molar-refractivity contribution in [2.24, 2.45) is 5.92 Å². The summed E-state index contributed by atoms with van der Waals surface area (Å²) >= 11 is 0. The normalized spacial score (nSPS) is 24.2. The molecule has 2 heterocycles. The maximum Gasteiger partial charge on any atom is 0.243 e. The first kappa shape index (κ1) is 19.4. The molecule has 8 heteroatoms. The Hall–Kier alpha value is -1.93. The van der Waals surface area contributed by atoms with Crippen molar-refractivity contribution in [2.75, 3.05) is 25.0 Å². The van der Waals surface area contributed by atoms with E-state index in [0.717, 1.165) is 38.5 Å². The van der Waals surface area contributed by atoms with Gasteiger partial charge in [-0.1, -0.05) is 18.9 Å². The average Bonchev–Trinajstić information content (AvgIpc) is 3.43. The van der Waals surface area contributed by atoms with Gasteiger partial charge in [0.15, 0.2) is 0 Å². The summed E-state index contributed by atoms with van der Waals surface area (Å²) in [5.74, 6) is -0.547. The molecule has 1 aliphatic carbocycles. The highest BCUT2D eigenvalue weighted by molar-refractivity contribution is 7.89. The van der Waals surface area contributed by atoms with Crippen LogP contribution in [0.1, 0.15) is 44.9 Å². The van der Waals surface area contributed by atoms with Gasteiger partial charge in [0, 0.05) is 37.8 Å². The Morgan fingerprint density at radius 1 is 1.07 bits per heavy atom. The fourth-order valence-electron chi connectivity index (χ4n) is 4.53. The van der Waals surface area contributed by atoms with Crippen molar-refractivity contribution in [3.05, 3.63) is 24.3 Å². The number of carbonyl (C=O) groups excluding carboxylic acids is 2. The van der Waals surface area contributed by atoms with Crippen molar-refractivity contribution in [1.29, 1.82) is 0 Å². The molecule has 28 heavy (non-hydrogen) atoms. The van der Waals surface area contributed by atoms with Crippen molar-refractivity contribution in [1.82, 2.24) is 9.21 Å². The highest BCUT2D eigenvalue weighted by Crippen LogP contribution is 2.30. The number of hydrogen-bond acceptors (Lipinski definition) is 4. The van der Waals surface area contributed by atoms with Crippen LogP contribution in [0, 0.1) is 5.92 Å². The van der Waals surface area contributed by atoms with Crippen LogP contribution in [0.2, 0.25) is 0 Å². The molecule has 152 valence electrons. The lowest BCUT2D eigenvalue weighted by atomic mass is 10.1. The number of carbonyl (C=O) groups is 2. The minimum atomic E-state index is -3.52. The minimum Gasteiger partial charge on any atom is -0.339 e. The Kier molecular flexibility index (Phi) is 5.42. The lowest BCUT2D eigenvalue weighted by Gasteiger charge is -2.23. The molecule has 2 saturated heterocycles. The van der Waals surface area contributed by atoms with Crippen LogP contribution in [0.15, 0.2) is 29.2 Å². The van der Waals surface area contributed by atoms with Gasteiger partial charge in [-0.05, 0) is 43.9 Å². The summed E-state index contributed by atoms with van der Waals surface area (Å²) in [5, 5.41) is 2.82. The molecule has 0 unspecified atom stereocenters.